The highest BCUT2D eigenvalue weighted by atomic mass is 35.5. The van der Waals surface area contributed by atoms with Gasteiger partial charge < -0.3 is 9.72 Å². The predicted molar refractivity (Wildman–Crippen MR) is 106 cm³/mol. The highest BCUT2D eigenvalue weighted by molar-refractivity contribution is 6.62. The smallest absolute Gasteiger partial charge is 0.206 e. The van der Waals surface area contributed by atoms with Crippen molar-refractivity contribution < 1.29 is 14.3 Å². The normalized spacial score (nSPS) is 14.7. The standard InChI is InChI=1S/C21H13Cl2NO3/c22-14-9-16(25)20(23)19(21(14)26)13-10-24-15-7-4-8-17(18(13)15)27-11-12-5-2-1-3-6-12/h1-10,24H,11H2. The van der Waals surface area contributed by atoms with Crippen LogP contribution in [0.5, 0.6) is 5.75 Å². The maximum absolute atomic E-state index is 12.6. The molecule has 0 fully saturated rings. The monoisotopic (exact) mass is 397 g/mol. The van der Waals surface area contributed by atoms with Gasteiger partial charge >= 0.3 is 0 Å². The topological polar surface area (TPSA) is 59.2 Å². The molecule has 1 N–H and O–H groups in total. The van der Waals surface area contributed by atoms with Crippen molar-refractivity contribution in [2.75, 3.05) is 0 Å². The first-order valence-electron chi connectivity index (χ1n) is 8.19. The van der Waals surface area contributed by atoms with Crippen molar-refractivity contribution in [1.29, 1.82) is 0 Å². The number of carbonyl (C=O) groups is 2. The van der Waals surface area contributed by atoms with E-state index in [0.717, 1.165) is 17.2 Å². The second-order valence-corrected chi connectivity index (χ2v) is 6.82. The number of fused-ring (bicyclic) bond motifs is 1. The fourth-order valence-corrected chi connectivity index (χ4v) is 3.47. The minimum Gasteiger partial charge on any atom is -0.488 e. The summed E-state index contributed by atoms with van der Waals surface area (Å²) in [7, 11) is 0. The second kappa shape index (κ2) is 7.06. The van der Waals surface area contributed by atoms with Gasteiger partial charge in [-0.25, -0.2) is 0 Å². The first kappa shape index (κ1) is 17.6. The Morgan fingerprint density at radius 2 is 1.74 bits per heavy atom. The van der Waals surface area contributed by atoms with Crippen molar-refractivity contribution in [3.05, 3.63) is 82.0 Å². The molecule has 1 aliphatic rings. The van der Waals surface area contributed by atoms with Crippen LogP contribution in [0.3, 0.4) is 0 Å². The van der Waals surface area contributed by atoms with Gasteiger partial charge in [0.15, 0.2) is 5.78 Å². The zero-order chi connectivity index (χ0) is 19.0. The lowest BCUT2D eigenvalue weighted by molar-refractivity contribution is -0.113. The summed E-state index contributed by atoms with van der Waals surface area (Å²) in [6.07, 6.45) is 2.68. The molecule has 1 aliphatic carbocycles. The van der Waals surface area contributed by atoms with Crippen LogP contribution < -0.4 is 4.74 Å². The van der Waals surface area contributed by atoms with E-state index in [1.54, 1.807) is 6.20 Å². The predicted octanol–water partition coefficient (Wildman–Crippen LogP) is 4.97. The molecule has 0 bridgehead atoms. The van der Waals surface area contributed by atoms with Crippen molar-refractivity contribution in [3.63, 3.8) is 0 Å². The van der Waals surface area contributed by atoms with Crippen LogP contribution in [0, 0.1) is 0 Å². The molecule has 0 amide bonds. The fraction of sp³-hybridized carbons (Fsp3) is 0.0476. The third-order valence-corrected chi connectivity index (χ3v) is 4.97. The Hall–Kier alpha value is -2.82. The number of aromatic nitrogens is 1. The zero-order valence-electron chi connectivity index (χ0n) is 14.0. The highest BCUT2D eigenvalue weighted by Gasteiger charge is 2.30. The SMILES string of the molecule is O=C1C=C(Cl)C(=O)C(c2c[nH]c3cccc(OCc4ccccc4)c23)=C1Cl. The van der Waals surface area contributed by atoms with Crippen LogP contribution in [0.2, 0.25) is 0 Å². The van der Waals surface area contributed by atoms with Gasteiger partial charge in [-0.3, -0.25) is 9.59 Å². The van der Waals surface area contributed by atoms with Crippen LogP contribution >= 0.6 is 23.2 Å². The summed E-state index contributed by atoms with van der Waals surface area (Å²) in [6, 6.07) is 15.2. The van der Waals surface area contributed by atoms with E-state index in [4.69, 9.17) is 27.9 Å². The Kier molecular flexibility index (Phi) is 4.60. The maximum Gasteiger partial charge on any atom is 0.206 e. The van der Waals surface area contributed by atoms with E-state index in [0.29, 0.717) is 23.3 Å². The van der Waals surface area contributed by atoms with Crippen molar-refractivity contribution >= 4 is 51.2 Å². The molecule has 0 spiro atoms. The number of nitrogens with one attached hydrogen (secondary N) is 1. The Labute approximate surface area is 165 Å². The van der Waals surface area contributed by atoms with Crippen LogP contribution in [0.15, 0.2) is 70.9 Å². The molecule has 0 radical (unpaired) electrons. The van der Waals surface area contributed by atoms with Crippen molar-refractivity contribution in [2.24, 2.45) is 0 Å². The second-order valence-electron chi connectivity index (χ2n) is 6.03. The lowest BCUT2D eigenvalue weighted by atomic mass is 9.95. The summed E-state index contributed by atoms with van der Waals surface area (Å²) in [4.78, 5) is 27.7. The minimum absolute atomic E-state index is 0.0798. The van der Waals surface area contributed by atoms with Crippen LogP contribution in [-0.4, -0.2) is 16.6 Å². The van der Waals surface area contributed by atoms with Gasteiger partial charge in [0, 0.05) is 28.7 Å². The number of benzene rings is 2. The zero-order valence-corrected chi connectivity index (χ0v) is 15.5. The Morgan fingerprint density at radius 1 is 0.963 bits per heavy atom. The van der Waals surface area contributed by atoms with Crippen LogP contribution in [0.1, 0.15) is 11.1 Å². The van der Waals surface area contributed by atoms with Gasteiger partial charge in [0.1, 0.15) is 12.4 Å². The van der Waals surface area contributed by atoms with Crippen molar-refractivity contribution in [2.45, 2.75) is 6.61 Å². The third-order valence-electron chi connectivity index (χ3n) is 4.31. The molecule has 6 heteroatoms. The summed E-state index contributed by atoms with van der Waals surface area (Å²) in [5.41, 5.74) is 2.34. The van der Waals surface area contributed by atoms with E-state index in [9.17, 15) is 9.59 Å². The molecule has 0 saturated heterocycles. The van der Waals surface area contributed by atoms with Crippen LogP contribution in [0.4, 0.5) is 0 Å². The molecule has 1 aromatic heterocycles. The largest absolute Gasteiger partial charge is 0.488 e. The average molecular weight is 398 g/mol. The lowest BCUT2D eigenvalue weighted by Crippen LogP contribution is -2.13. The van der Waals surface area contributed by atoms with Crippen molar-refractivity contribution in [1.82, 2.24) is 4.98 Å². The molecule has 4 nitrogen and oxygen atoms in total. The number of hydrogen-bond acceptors (Lipinski definition) is 3. The van der Waals surface area contributed by atoms with Gasteiger partial charge in [-0.1, -0.05) is 59.6 Å². The van der Waals surface area contributed by atoms with Gasteiger partial charge in [-0.15, -0.1) is 0 Å². The van der Waals surface area contributed by atoms with E-state index in [2.05, 4.69) is 4.98 Å². The Morgan fingerprint density at radius 3 is 2.52 bits per heavy atom. The summed E-state index contributed by atoms with van der Waals surface area (Å²) in [5.74, 6) is -0.399. The molecular formula is C21H13Cl2NO3. The molecule has 0 unspecified atom stereocenters. The molecule has 3 aromatic rings. The lowest BCUT2D eigenvalue weighted by Gasteiger charge is -2.14. The maximum atomic E-state index is 12.6. The molecule has 2 aromatic carbocycles. The summed E-state index contributed by atoms with van der Waals surface area (Å²) >= 11 is 12.1. The third kappa shape index (κ3) is 3.18. The number of halogens is 2. The number of ketones is 2. The summed E-state index contributed by atoms with van der Waals surface area (Å²) in [5, 5.41) is 0.369. The number of rotatable bonds is 4. The van der Waals surface area contributed by atoms with Gasteiger partial charge in [-0.2, -0.15) is 0 Å². The fourth-order valence-electron chi connectivity index (χ4n) is 3.03. The molecule has 27 heavy (non-hydrogen) atoms. The van der Waals surface area contributed by atoms with Gasteiger partial charge in [0.25, 0.3) is 0 Å². The quantitative estimate of drug-likeness (QED) is 0.632. The van der Waals surface area contributed by atoms with E-state index >= 15 is 0 Å². The molecule has 4 rings (SSSR count). The summed E-state index contributed by atoms with van der Waals surface area (Å²) < 4.78 is 5.99. The molecule has 134 valence electrons. The number of Topliss-reactive ketones (excluding diaryl/α,β-unsaturated/α-hetero) is 1. The number of aromatic amines is 1. The van der Waals surface area contributed by atoms with E-state index < -0.39 is 11.6 Å². The number of carbonyl (C=O) groups excluding carboxylic acids is 2. The number of H-pyrrole nitrogens is 1. The molecule has 1 heterocycles. The molecular weight excluding hydrogens is 385 g/mol. The van der Waals surface area contributed by atoms with E-state index in [-0.39, 0.29) is 15.6 Å². The van der Waals surface area contributed by atoms with Crippen LogP contribution in [0.25, 0.3) is 16.5 Å². The number of allylic oxidation sites excluding steroid dienone is 4. The molecule has 0 atom stereocenters. The average Bonchev–Trinajstić information content (AvgIpc) is 3.10. The Bertz CT molecular complexity index is 1130. The van der Waals surface area contributed by atoms with Gasteiger partial charge in [0.05, 0.1) is 15.6 Å². The minimum atomic E-state index is -0.492. The van der Waals surface area contributed by atoms with Gasteiger partial charge in [-0.05, 0) is 17.7 Å². The number of hydrogen-bond donors (Lipinski definition) is 1. The van der Waals surface area contributed by atoms with Crippen molar-refractivity contribution in [3.8, 4) is 5.75 Å². The Balaban J connectivity index is 1.80. The first-order valence-corrected chi connectivity index (χ1v) is 8.95. The van der Waals surface area contributed by atoms with E-state index in [1.165, 1.54) is 0 Å². The highest BCUT2D eigenvalue weighted by Crippen LogP contribution is 2.38. The molecule has 0 saturated carbocycles. The summed E-state index contributed by atoms with van der Waals surface area (Å²) in [6.45, 7) is 0.366. The van der Waals surface area contributed by atoms with Crippen LogP contribution in [-0.2, 0) is 16.2 Å². The number of ether oxygens (including phenoxy) is 1. The van der Waals surface area contributed by atoms with Gasteiger partial charge in [0.2, 0.25) is 5.78 Å². The first-order chi connectivity index (χ1) is 13.1. The van der Waals surface area contributed by atoms with E-state index in [1.807, 2.05) is 48.5 Å². The molecule has 0 aliphatic heterocycles.